The highest BCUT2D eigenvalue weighted by atomic mass is 35.5. The van der Waals surface area contributed by atoms with E-state index in [-0.39, 0.29) is 18.6 Å². The van der Waals surface area contributed by atoms with Gasteiger partial charge in [-0.05, 0) is 50.8 Å². The SMILES string of the molecule is Cc1nn(-c2cccc(Cl)c2)nc1C(=O)N1CCCC1CCCO. The Morgan fingerprint density at radius 3 is 3.00 bits per heavy atom. The summed E-state index contributed by atoms with van der Waals surface area (Å²) in [6.45, 7) is 2.68. The Morgan fingerprint density at radius 2 is 2.25 bits per heavy atom. The number of carbonyl (C=O) groups is 1. The molecular formula is C17H21ClN4O2. The number of carbonyl (C=O) groups excluding carboxylic acids is 1. The molecule has 1 aromatic heterocycles. The third-order valence-corrected chi connectivity index (χ3v) is 4.59. The molecule has 24 heavy (non-hydrogen) atoms. The van der Waals surface area contributed by atoms with Gasteiger partial charge in [-0.15, -0.1) is 5.10 Å². The van der Waals surface area contributed by atoms with Crippen LogP contribution < -0.4 is 0 Å². The standard InChI is InChI=1S/C17H21ClN4O2/c1-12-16(17(24)21-9-3-7-14(21)8-4-10-23)20-22(19-12)15-6-2-5-13(18)11-15/h2,5-6,11,14,23H,3-4,7-10H2,1H3. The van der Waals surface area contributed by atoms with E-state index in [1.165, 1.54) is 4.80 Å². The van der Waals surface area contributed by atoms with E-state index in [1.54, 1.807) is 19.1 Å². The van der Waals surface area contributed by atoms with Crippen molar-refractivity contribution in [2.24, 2.45) is 0 Å². The maximum absolute atomic E-state index is 12.9. The average Bonchev–Trinajstić information content (AvgIpc) is 3.19. The number of halogens is 1. The van der Waals surface area contributed by atoms with Gasteiger partial charge >= 0.3 is 0 Å². The summed E-state index contributed by atoms with van der Waals surface area (Å²) in [6, 6.07) is 7.39. The minimum atomic E-state index is -0.0822. The second-order valence-electron chi connectivity index (χ2n) is 6.06. The molecule has 0 spiro atoms. The summed E-state index contributed by atoms with van der Waals surface area (Å²) >= 11 is 6.01. The van der Waals surface area contributed by atoms with Gasteiger partial charge in [0.15, 0.2) is 5.69 Å². The lowest BCUT2D eigenvalue weighted by molar-refractivity contribution is 0.0717. The number of amides is 1. The minimum absolute atomic E-state index is 0.0822. The zero-order chi connectivity index (χ0) is 17.1. The van der Waals surface area contributed by atoms with Crippen LogP contribution in [0.15, 0.2) is 24.3 Å². The number of benzene rings is 1. The normalized spacial score (nSPS) is 17.5. The van der Waals surface area contributed by atoms with Crippen LogP contribution in [0, 0.1) is 6.92 Å². The predicted molar refractivity (Wildman–Crippen MR) is 91.5 cm³/mol. The van der Waals surface area contributed by atoms with Crippen LogP contribution in [0.3, 0.4) is 0 Å². The molecule has 0 bridgehead atoms. The smallest absolute Gasteiger partial charge is 0.276 e. The Balaban J connectivity index is 1.83. The first kappa shape index (κ1) is 16.9. The van der Waals surface area contributed by atoms with Crippen molar-refractivity contribution in [3.05, 3.63) is 40.7 Å². The molecule has 0 aliphatic carbocycles. The minimum Gasteiger partial charge on any atom is -0.396 e. The van der Waals surface area contributed by atoms with Gasteiger partial charge in [0.05, 0.1) is 11.4 Å². The zero-order valence-electron chi connectivity index (χ0n) is 13.7. The first-order valence-electron chi connectivity index (χ1n) is 8.22. The Hall–Kier alpha value is -1.92. The average molecular weight is 349 g/mol. The molecule has 2 aromatic rings. The van der Waals surface area contributed by atoms with E-state index in [2.05, 4.69) is 10.2 Å². The molecule has 1 atom stereocenters. The fourth-order valence-electron chi connectivity index (χ4n) is 3.16. The van der Waals surface area contributed by atoms with Crippen LogP contribution in [0.1, 0.15) is 41.9 Å². The van der Waals surface area contributed by atoms with Gasteiger partial charge in [0.25, 0.3) is 5.91 Å². The Bertz CT molecular complexity index is 731. The summed E-state index contributed by atoms with van der Waals surface area (Å²) in [6.07, 6.45) is 3.50. The van der Waals surface area contributed by atoms with E-state index in [9.17, 15) is 4.79 Å². The van der Waals surface area contributed by atoms with Gasteiger partial charge in [0.1, 0.15) is 0 Å². The lowest BCUT2D eigenvalue weighted by Crippen LogP contribution is -2.36. The number of aliphatic hydroxyl groups is 1. The van der Waals surface area contributed by atoms with Gasteiger partial charge < -0.3 is 10.0 Å². The van der Waals surface area contributed by atoms with Crippen molar-refractivity contribution in [2.45, 2.75) is 38.6 Å². The molecule has 1 saturated heterocycles. The van der Waals surface area contributed by atoms with Crippen LogP contribution in [0.2, 0.25) is 5.02 Å². The van der Waals surface area contributed by atoms with Crippen LogP contribution >= 0.6 is 11.6 Å². The second-order valence-corrected chi connectivity index (χ2v) is 6.50. The lowest BCUT2D eigenvalue weighted by Gasteiger charge is -2.23. The lowest BCUT2D eigenvalue weighted by atomic mass is 10.1. The van der Waals surface area contributed by atoms with E-state index in [0.717, 1.165) is 31.5 Å². The Kier molecular flexibility index (Phi) is 5.16. The van der Waals surface area contributed by atoms with Gasteiger partial charge in [-0.25, -0.2) is 0 Å². The van der Waals surface area contributed by atoms with Crippen molar-refractivity contribution in [1.29, 1.82) is 0 Å². The summed E-state index contributed by atoms with van der Waals surface area (Å²) in [4.78, 5) is 16.2. The highest BCUT2D eigenvalue weighted by Gasteiger charge is 2.31. The molecule has 1 N–H and O–H groups in total. The van der Waals surface area contributed by atoms with E-state index < -0.39 is 0 Å². The Labute approximate surface area is 146 Å². The number of hydrogen-bond donors (Lipinski definition) is 1. The number of hydrogen-bond acceptors (Lipinski definition) is 4. The predicted octanol–water partition coefficient (Wildman–Crippen LogP) is 2.61. The van der Waals surface area contributed by atoms with Crippen molar-refractivity contribution in [2.75, 3.05) is 13.2 Å². The number of rotatable bonds is 5. The summed E-state index contributed by atoms with van der Waals surface area (Å²) < 4.78 is 0. The van der Waals surface area contributed by atoms with E-state index in [1.807, 2.05) is 17.0 Å². The maximum atomic E-state index is 12.9. The second kappa shape index (κ2) is 7.32. The van der Waals surface area contributed by atoms with Gasteiger partial charge in [-0.3, -0.25) is 4.79 Å². The first-order valence-corrected chi connectivity index (χ1v) is 8.59. The van der Waals surface area contributed by atoms with Crippen molar-refractivity contribution in [3.63, 3.8) is 0 Å². The topological polar surface area (TPSA) is 71.2 Å². The van der Waals surface area contributed by atoms with Crippen molar-refractivity contribution >= 4 is 17.5 Å². The number of aliphatic hydroxyl groups excluding tert-OH is 1. The quantitative estimate of drug-likeness (QED) is 0.901. The van der Waals surface area contributed by atoms with Crippen LogP contribution in [0.5, 0.6) is 0 Å². The van der Waals surface area contributed by atoms with E-state index >= 15 is 0 Å². The highest BCUT2D eigenvalue weighted by molar-refractivity contribution is 6.30. The summed E-state index contributed by atoms with van der Waals surface area (Å²) in [5, 5.41) is 18.4. The summed E-state index contributed by atoms with van der Waals surface area (Å²) in [5.74, 6) is -0.0822. The molecule has 0 saturated carbocycles. The molecule has 1 unspecified atom stereocenters. The zero-order valence-corrected chi connectivity index (χ0v) is 14.4. The third-order valence-electron chi connectivity index (χ3n) is 4.36. The highest BCUT2D eigenvalue weighted by Crippen LogP contribution is 2.24. The maximum Gasteiger partial charge on any atom is 0.276 e. The molecule has 2 heterocycles. The molecule has 1 aromatic carbocycles. The van der Waals surface area contributed by atoms with Crippen molar-refractivity contribution in [1.82, 2.24) is 19.9 Å². The fraction of sp³-hybridized carbons (Fsp3) is 0.471. The van der Waals surface area contributed by atoms with Crippen LogP contribution in [-0.2, 0) is 0 Å². The van der Waals surface area contributed by atoms with Crippen molar-refractivity contribution < 1.29 is 9.90 Å². The van der Waals surface area contributed by atoms with E-state index in [0.29, 0.717) is 22.8 Å². The number of aryl methyl sites for hydroxylation is 1. The van der Waals surface area contributed by atoms with Crippen LogP contribution in [0.4, 0.5) is 0 Å². The first-order chi connectivity index (χ1) is 11.6. The fourth-order valence-corrected chi connectivity index (χ4v) is 3.34. The molecule has 6 nitrogen and oxygen atoms in total. The molecule has 1 amide bonds. The van der Waals surface area contributed by atoms with Gasteiger partial charge in [-0.2, -0.15) is 9.90 Å². The molecule has 0 radical (unpaired) electrons. The van der Waals surface area contributed by atoms with Gasteiger partial charge in [-0.1, -0.05) is 17.7 Å². The number of aromatic nitrogens is 3. The van der Waals surface area contributed by atoms with Gasteiger partial charge in [0, 0.05) is 24.2 Å². The van der Waals surface area contributed by atoms with Crippen LogP contribution in [-0.4, -0.2) is 50.1 Å². The monoisotopic (exact) mass is 348 g/mol. The van der Waals surface area contributed by atoms with Gasteiger partial charge in [0.2, 0.25) is 0 Å². The molecule has 3 rings (SSSR count). The molecular weight excluding hydrogens is 328 g/mol. The Morgan fingerprint density at radius 1 is 1.42 bits per heavy atom. The number of likely N-dealkylation sites (tertiary alicyclic amines) is 1. The third kappa shape index (κ3) is 3.44. The van der Waals surface area contributed by atoms with Crippen LogP contribution in [0.25, 0.3) is 5.69 Å². The molecule has 128 valence electrons. The number of nitrogens with zero attached hydrogens (tertiary/aromatic N) is 4. The summed E-state index contributed by atoms with van der Waals surface area (Å²) in [5.41, 5.74) is 1.71. The molecule has 1 aliphatic heterocycles. The van der Waals surface area contributed by atoms with E-state index in [4.69, 9.17) is 16.7 Å². The molecule has 7 heteroatoms. The molecule has 1 fully saturated rings. The largest absolute Gasteiger partial charge is 0.396 e. The van der Waals surface area contributed by atoms with Crippen molar-refractivity contribution in [3.8, 4) is 5.69 Å². The summed E-state index contributed by atoms with van der Waals surface area (Å²) in [7, 11) is 0. The molecule has 1 aliphatic rings.